The maximum Gasteiger partial charge on any atom is 0.118 e. The fourth-order valence-electron chi connectivity index (χ4n) is 1.53. The molecule has 0 atom stereocenters. The number of hydrogen-bond acceptors (Lipinski definition) is 2. The van der Waals surface area contributed by atoms with E-state index in [1.807, 2.05) is 33.8 Å². The Morgan fingerprint density at radius 1 is 1.21 bits per heavy atom. The predicted molar refractivity (Wildman–Crippen MR) is 56.2 cm³/mol. The van der Waals surface area contributed by atoms with Crippen molar-refractivity contribution in [2.75, 3.05) is 0 Å². The molecule has 1 rings (SSSR count). The lowest BCUT2D eigenvalue weighted by atomic mass is 9.82. The third kappa shape index (κ3) is 1.72. The van der Waals surface area contributed by atoms with E-state index in [1.54, 1.807) is 6.07 Å². The Morgan fingerprint density at radius 2 is 1.79 bits per heavy atom. The zero-order chi connectivity index (χ0) is 10.9. The van der Waals surface area contributed by atoms with Crippen LogP contribution < -0.4 is 0 Å². The molecule has 0 fully saturated rings. The number of rotatable bonds is 1. The number of aryl methyl sites for hydroxylation is 2. The van der Waals surface area contributed by atoms with Crippen LogP contribution in [0.15, 0.2) is 12.1 Å². The van der Waals surface area contributed by atoms with Crippen LogP contribution in [0.1, 0.15) is 30.5 Å². The van der Waals surface area contributed by atoms with Crippen LogP contribution in [0.25, 0.3) is 0 Å². The molecule has 0 amide bonds. The van der Waals surface area contributed by atoms with E-state index >= 15 is 0 Å². The average molecular weight is 189 g/mol. The standard InChI is InChI=1S/C12H15NO/c1-8-6-11(14)9(2)5-10(8)12(3,4)7-13/h5-6,14H,1-4H3. The first kappa shape index (κ1) is 10.6. The molecule has 1 N–H and O–H groups in total. The number of hydrogen-bond donors (Lipinski definition) is 1. The van der Waals surface area contributed by atoms with Crippen LogP contribution in [-0.2, 0) is 5.41 Å². The van der Waals surface area contributed by atoms with Gasteiger partial charge in [-0.05, 0) is 50.5 Å². The van der Waals surface area contributed by atoms with Gasteiger partial charge in [-0.2, -0.15) is 5.26 Å². The highest BCUT2D eigenvalue weighted by Gasteiger charge is 2.22. The van der Waals surface area contributed by atoms with E-state index in [0.29, 0.717) is 5.75 Å². The van der Waals surface area contributed by atoms with Gasteiger partial charge in [0.05, 0.1) is 11.5 Å². The first-order valence-corrected chi connectivity index (χ1v) is 4.60. The van der Waals surface area contributed by atoms with Crippen LogP contribution in [-0.4, -0.2) is 5.11 Å². The Labute approximate surface area is 84.8 Å². The molecule has 14 heavy (non-hydrogen) atoms. The molecule has 0 aliphatic carbocycles. The smallest absolute Gasteiger partial charge is 0.118 e. The second kappa shape index (κ2) is 3.34. The predicted octanol–water partition coefficient (Wildman–Crippen LogP) is 2.81. The van der Waals surface area contributed by atoms with Crippen molar-refractivity contribution < 1.29 is 5.11 Å². The third-order valence-corrected chi connectivity index (χ3v) is 2.50. The molecule has 0 saturated heterocycles. The molecule has 0 bridgehead atoms. The van der Waals surface area contributed by atoms with Crippen molar-refractivity contribution in [3.8, 4) is 11.8 Å². The molecule has 74 valence electrons. The molecular formula is C12H15NO. The van der Waals surface area contributed by atoms with Gasteiger partial charge in [0.25, 0.3) is 0 Å². The lowest BCUT2D eigenvalue weighted by Gasteiger charge is -2.19. The van der Waals surface area contributed by atoms with Crippen LogP contribution in [0, 0.1) is 25.2 Å². The number of aromatic hydroxyl groups is 1. The Hall–Kier alpha value is -1.49. The van der Waals surface area contributed by atoms with Crippen molar-refractivity contribution in [1.82, 2.24) is 0 Å². The summed E-state index contributed by atoms with van der Waals surface area (Å²) in [5.41, 5.74) is 2.26. The SMILES string of the molecule is Cc1cc(C(C)(C)C#N)c(C)cc1O. The summed E-state index contributed by atoms with van der Waals surface area (Å²) in [4.78, 5) is 0. The van der Waals surface area contributed by atoms with Crippen molar-refractivity contribution in [2.45, 2.75) is 33.1 Å². The normalized spacial score (nSPS) is 11.1. The summed E-state index contributed by atoms with van der Waals surface area (Å²) in [6.07, 6.45) is 0. The first-order chi connectivity index (χ1) is 6.38. The minimum atomic E-state index is -0.497. The van der Waals surface area contributed by atoms with E-state index in [0.717, 1.165) is 16.7 Å². The summed E-state index contributed by atoms with van der Waals surface area (Å²) in [6.45, 7) is 7.51. The van der Waals surface area contributed by atoms with Gasteiger partial charge in [-0.15, -0.1) is 0 Å². The van der Waals surface area contributed by atoms with Gasteiger partial charge in [0.1, 0.15) is 5.75 Å². The Morgan fingerprint density at radius 3 is 2.29 bits per heavy atom. The first-order valence-electron chi connectivity index (χ1n) is 4.60. The quantitative estimate of drug-likeness (QED) is 0.738. The van der Waals surface area contributed by atoms with Crippen molar-refractivity contribution >= 4 is 0 Å². The number of benzene rings is 1. The highest BCUT2D eigenvalue weighted by Crippen LogP contribution is 2.30. The van der Waals surface area contributed by atoms with Gasteiger partial charge < -0.3 is 5.11 Å². The number of nitrogens with zero attached hydrogens (tertiary/aromatic N) is 1. The molecule has 0 spiro atoms. The van der Waals surface area contributed by atoms with E-state index < -0.39 is 5.41 Å². The van der Waals surface area contributed by atoms with Gasteiger partial charge in [0, 0.05) is 0 Å². The lowest BCUT2D eigenvalue weighted by Crippen LogP contribution is -2.15. The van der Waals surface area contributed by atoms with Crippen LogP contribution in [0.3, 0.4) is 0 Å². The van der Waals surface area contributed by atoms with Crippen molar-refractivity contribution in [2.24, 2.45) is 0 Å². The van der Waals surface area contributed by atoms with Crippen molar-refractivity contribution in [1.29, 1.82) is 5.26 Å². The Kier molecular flexibility index (Phi) is 2.53. The van der Waals surface area contributed by atoms with Crippen molar-refractivity contribution in [3.63, 3.8) is 0 Å². The van der Waals surface area contributed by atoms with Gasteiger partial charge in [-0.25, -0.2) is 0 Å². The van der Waals surface area contributed by atoms with Gasteiger partial charge >= 0.3 is 0 Å². The van der Waals surface area contributed by atoms with Gasteiger partial charge in [0.15, 0.2) is 0 Å². The third-order valence-electron chi connectivity index (χ3n) is 2.50. The molecule has 0 saturated carbocycles. The van der Waals surface area contributed by atoms with Crippen molar-refractivity contribution in [3.05, 3.63) is 28.8 Å². The summed E-state index contributed by atoms with van der Waals surface area (Å²) in [5.74, 6) is 0.292. The summed E-state index contributed by atoms with van der Waals surface area (Å²) in [5, 5.41) is 18.5. The monoisotopic (exact) mass is 189 g/mol. The highest BCUT2D eigenvalue weighted by atomic mass is 16.3. The maximum atomic E-state index is 9.48. The Balaban J connectivity index is 3.38. The summed E-state index contributed by atoms with van der Waals surface area (Å²) in [6, 6.07) is 5.86. The van der Waals surface area contributed by atoms with E-state index in [9.17, 15) is 5.11 Å². The Bertz CT molecular complexity index is 400. The fraction of sp³-hybridized carbons (Fsp3) is 0.417. The van der Waals surface area contributed by atoms with Crippen LogP contribution in [0.2, 0.25) is 0 Å². The number of phenols is 1. The van der Waals surface area contributed by atoms with Gasteiger partial charge in [-0.1, -0.05) is 6.07 Å². The zero-order valence-corrected chi connectivity index (χ0v) is 9.05. The number of nitriles is 1. The lowest BCUT2D eigenvalue weighted by molar-refractivity contribution is 0.469. The molecule has 0 aromatic heterocycles. The fourth-order valence-corrected chi connectivity index (χ4v) is 1.53. The van der Waals surface area contributed by atoms with E-state index in [-0.39, 0.29) is 0 Å². The molecule has 0 aliphatic rings. The van der Waals surface area contributed by atoms with Crippen LogP contribution in [0.5, 0.6) is 5.75 Å². The van der Waals surface area contributed by atoms with Crippen LogP contribution >= 0.6 is 0 Å². The average Bonchev–Trinajstić information content (AvgIpc) is 2.11. The molecule has 0 radical (unpaired) electrons. The van der Waals surface area contributed by atoms with Gasteiger partial charge in [0.2, 0.25) is 0 Å². The highest BCUT2D eigenvalue weighted by molar-refractivity contribution is 5.45. The van der Waals surface area contributed by atoms with Gasteiger partial charge in [-0.3, -0.25) is 0 Å². The summed E-state index contributed by atoms with van der Waals surface area (Å²) < 4.78 is 0. The maximum absolute atomic E-state index is 9.48. The minimum Gasteiger partial charge on any atom is -0.508 e. The largest absolute Gasteiger partial charge is 0.508 e. The zero-order valence-electron chi connectivity index (χ0n) is 9.05. The molecule has 1 aromatic carbocycles. The van der Waals surface area contributed by atoms with Crippen LogP contribution in [0.4, 0.5) is 0 Å². The van der Waals surface area contributed by atoms with E-state index in [2.05, 4.69) is 6.07 Å². The topological polar surface area (TPSA) is 44.0 Å². The summed E-state index contributed by atoms with van der Waals surface area (Å²) >= 11 is 0. The number of phenolic OH excluding ortho intramolecular Hbond substituents is 1. The van der Waals surface area contributed by atoms with E-state index in [4.69, 9.17) is 5.26 Å². The second-order valence-electron chi connectivity index (χ2n) is 4.19. The van der Waals surface area contributed by atoms with E-state index in [1.165, 1.54) is 0 Å². The molecule has 0 unspecified atom stereocenters. The molecule has 2 heteroatoms. The molecule has 1 aromatic rings. The molecule has 0 aliphatic heterocycles. The summed E-state index contributed by atoms with van der Waals surface area (Å²) in [7, 11) is 0. The second-order valence-corrected chi connectivity index (χ2v) is 4.19. The molecular weight excluding hydrogens is 174 g/mol. The minimum absolute atomic E-state index is 0.292. The molecule has 2 nitrogen and oxygen atoms in total. The molecule has 0 heterocycles.